The average Bonchev–Trinajstić information content (AvgIpc) is 2.04. The van der Waals surface area contributed by atoms with Crippen molar-refractivity contribution >= 4 is 15.9 Å². The molecule has 86 valence electrons. The van der Waals surface area contributed by atoms with Crippen molar-refractivity contribution in [2.45, 2.75) is 46.3 Å². The lowest BCUT2D eigenvalue weighted by molar-refractivity contribution is -0.0220. The highest BCUT2D eigenvalue weighted by Crippen LogP contribution is 2.30. The third-order valence-electron chi connectivity index (χ3n) is 2.56. The largest absolute Gasteiger partial charge is 0.380 e. The van der Waals surface area contributed by atoms with E-state index >= 15 is 0 Å². The maximum Gasteiger partial charge on any atom is 0.0719 e. The fourth-order valence-electron chi connectivity index (χ4n) is 1.81. The Balaban J connectivity index is 4.15. The number of rotatable bonds is 7. The molecule has 0 radical (unpaired) electrons. The fourth-order valence-corrected chi connectivity index (χ4v) is 2.95. The van der Waals surface area contributed by atoms with Crippen molar-refractivity contribution in [1.82, 2.24) is 0 Å². The second-order valence-electron chi connectivity index (χ2n) is 4.34. The number of hydrogen-bond donors (Lipinski definition) is 0. The van der Waals surface area contributed by atoms with Crippen molar-refractivity contribution in [1.29, 1.82) is 0 Å². The summed E-state index contributed by atoms with van der Waals surface area (Å²) in [6, 6.07) is 0. The van der Waals surface area contributed by atoms with E-state index in [4.69, 9.17) is 9.47 Å². The Morgan fingerprint density at radius 2 is 1.93 bits per heavy atom. The predicted molar refractivity (Wildman–Crippen MR) is 64.1 cm³/mol. The van der Waals surface area contributed by atoms with Crippen LogP contribution in [0.5, 0.6) is 0 Å². The molecule has 0 saturated carbocycles. The SMILES string of the molecule is CCO[C@H](C)CC(C)(C)[C@H](CBr)OC. The third-order valence-corrected chi connectivity index (χ3v) is 3.15. The van der Waals surface area contributed by atoms with Crippen LogP contribution in [-0.4, -0.2) is 31.3 Å². The molecule has 0 aromatic carbocycles. The number of ether oxygens (including phenoxy) is 2. The molecule has 3 heteroatoms. The van der Waals surface area contributed by atoms with Gasteiger partial charge >= 0.3 is 0 Å². The molecule has 0 unspecified atom stereocenters. The van der Waals surface area contributed by atoms with Gasteiger partial charge < -0.3 is 9.47 Å². The molecule has 2 atom stereocenters. The zero-order valence-corrected chi connectivity index (χ0v) is 11.6. The van der Waals surface area contributed by atoms with Crippen molar-refractivity contribution in [2.24, 2.45) is 5.41 Å². The van der Waals surface area contributed by atoms with Crippen LogP contribution in [0.2, 0.25) is 0 Å². The quantitative estimate of drug-likeness (QED) is 0.659. The minimum absolute atomic E-state index is 0.146. The molecule has 0 aromatic heterocycles. The smallest absolute Gasteiger partial charge is 0.0719 e. The Bertz CT molecular complexity index is 144. The lowest BCUT2D eigenvalue weighted by Gasteiger charge is -2.34. The summed E-state index contributed by atoms with van der Waals surface area (Å²) in [5.74, 6) is 0. The standard InChI is InChI=1S/C11H23BrO2/c1-6-14-9(2)7-11(3,4)10(8-12)13-5/h9-10H,6-8H2,1-5H3/t9-,10+/m1/s1. The van der Waals surface area contributed by atoms with E-state index in [1.165, 1.54) is 0 Å². The molecule has 0 bridgehead atoms. The van der Waals surface area contributed by atoms with Crippen LogP contribution >= 0.6 is 15.9 Å². The molecule has 0 N–H and O–H groups in total. The summed E-state index contributed by atoms with van der Waals surface area (Å²) in [4.78, 5) is 0. The molecular weight excluding hydrogens is 244 g/mol. The van der Waals surface area contributed by atoms with Crippen LogP contribution in [0.1, 0.15) is 34.1 Å². The van der Waals surface area contributed by atoms with Gasteiger partial charge in [0.05, 0.1) is 12.2 Å². The minimum Gasteiger partial charge on any atom is -0.380 e. The lowest BCUT2D eigenvalue weighted by atomic mass is 9.82. The van der Waals surface area contributed by atoms with E-state index in [1.54, 1.807) is 7.11 Å². The van der Waals surface area contributed by atoms with E-state index < -0.39 is 0 Å². The second-order valence-corrected chi connectivity index (χ2v) is 4.98. The van der Waals surface area contributed by atoms with Crippen molar-refractivity contribution in [3.8, 4) is 0 Å². The summed E-state index contributed by atoms with van der Waals surface area (Å²) in [5, 5.41) is 0.870. The highest BCUT2D eigenvalue weighted by molar-refractivity contribution is 9.09. The first kappa shape index (κ1) is 14.4. The molecule has 0 aliphatic carbocycles. The molecule has 0 saturated heterocycles. The summed E-state index contributed by atoms with van der Waals surface area (Å²) >= 11 is 3.47. The summed E-state index contributed by atoms with van der Waals surface area (Å²) in [5.41, 5.74) is 0.146. The molecule has 0 spiro atoms. The molecule has 14 heavy (non-hydrogen) atoms. The first-order valence-corrected chi connectivity index (χ1v) is 6.30. The van der Waals surface area contributed by atoms with Gasteiger partial charge in [0.1, 0.15) is 0 Å². The van der Waals surface area contributed by atoms with Gasteiger partial charge in [-0.2, -0.15) is 0 Å². The van der Waals surface area contributed by atoms with E-state index in [1.807, 2.05) is 6.92 Å². The van der Waals surface area contributed by atoms with Gasteiger partial charge in [0.15, 0.2) is 0 Å². The first-order chi connectivity index (χ1) is 6.47. The maximum atomic E-state index is 5.55. The number of alkyl halides is 1. The number of hydrogen-bond acceptors (Lipinski definition) is 2. The van der Waals surface area contributed by atoms with Gasteiger partial charge in [0, 0.05) is 19.0 Å². The molecule has 0 rings (SSSR count). The first-order valence-electron chi connectivity index (χ1n) is 5.18. The molecule has 0 aliphatic rings. The van der Waals surface area contributed by atoms with Crippen LogP contribution in [0, 0.1) is 5.41 Å². The lowest BCUT2D eigenvalue weighted by Crippen LogP contribution is -2.35. The van der Waals surface area contributed by atoms with Crippen LogP contribution in [0.15, 0.2) is 0 Å². The molecule has 0 aliphatic heterocycles. The van der Waals surface area contributed by atoms with Crippen LogP contribution in [-0.2, 0) is 9.47 Å². The van der Waals surface area contributed by atoms with Gasteiger partial charge in [0.25, 0.3) is 0 Å². The van der Waals surface area contributed by atoms with Crippen LogP contribution in [0.25, 0.3) is 0 Å². The predicted octanol–water partition coefficient (Wildman–Crippen LogP) is 3.24. The maximum absolute atomic E-state index is 5.55. The van der Waals surface area contributed by atoms with Gasteiger partial charge in [-0.25, -0.2) is 0 Å². The normalized spacial score (nSPS) is 16.7. The zero-order valence-electron chi connectivity index (χ0n) is 9.97. The van der Waals surface area contributed by atoms with E-state index in [0.29, 0.717) is 6.10 Å². The van der Waals surface area contributed by atoms with Crippen molar-refractivity contribution < 1.29 is 9.47 Å². The van der Waals surface area contributed by atoms with Gasteiger partial charge in [-0.05, 0) is 25.7 Å². The van der Waals surface area contributed by atoms with Gasteiger partial charge in [0.2, 0.25) is 0 Å². The van der Waals surface area contributed by atoms with Crippen molar-refractivity contribution in [2.75, 3.05) is 19.0 Å². The Morgan fingerprint density at radius 1 is 1.36 bits per heavy atom. The molecule has 0 amide bonds. The molecule has 2 nitrogen and oxygen atoms in total. The highest BCUT2D eigenvalue weighted by atomic mass is 79.9. The number of halogens is 1. The summed E-state index contributed by atoms with van der Waals surface area (Å²) in [6.45, 7) is 9.37. The molecule has 0 fully saturated rings. The van der Waals surface area contributed by atoms with Gasteiger partial charge in [-0.3, -0.25) is 0 Å². The van der Waals surface area contributed by atoms with E-state index in [9.17, 15) is 0 Å². The fraction of sp³-hybridized carbons (Fsp3) is 1.00. The van der Waals surface area contributed by atoms with E-state index in [2.05, 4.69) is 36.7 Å². The average molecular weight is 267 g/mol. The Labute approximate surface area is 96.5 Å². The Kier molecular flexibility index (Phi) is 7.00. The highest BCUT2D eigenvalue weighted by Gasteiger charge is 2.30. The van der Waals surface area contributed by atoms with E-state index in [0.717, 1.165) is 18.4 Å². The van der Waals surface area contributed by atoms with Crippen LogP contribution in [0.3, 0.4) is 0 Å². The Hall–Kier alpha value is 0.400. The number of methoxy groups -OCH3 is 1. The van der Waals surface area contributed by atoms with Gasteiger partial charge in [-0.1, -0.05) is 29.8 Å². The summed E-state index contributed by atoms with van der Waals surface area (Å²) in [7, 11) is 1.76. The van der Waals surface area contributed by atoms with Crippen LogP contribution in [0.4, 0.5) is 0 Å². The summed E-state index contributed by atoms with van der Waals surface area (Å²) < 4.78 is 11.0. The molecular formula is C11H23BrO2. The Morgan fingerprint density at radius 3 is 2.29 bits per heavy atom. The minimum atomic E-state index is 0.146. The topological polar surface area (TPSA) is 18.5 Å². The molecule has 0 heterocycles. The van der Waals surface area contributed by atoms with Gasteiger partial charge in [-0.15, -0.1) is 0 Å². The van der Waals surface area contributed by atoms with E-state index in [-0.39, 0.29) is 11.5 Å². The third kappa shape index (κ3) is 4.76. The van der Waals surface area contributed by atoms with Crippen molar-refractivity contribution in [3.05, 3.63) is 0 Å². The van der Waals surface area contributed by atoms with Crippen molar-refractivity contribution in [3.63, 3.8) is 0 Å². The van der Waals surface area contributed by atoms with Crippen LogP contribution < -0.4 is 0 Å². The zero-order chi connectivity index (χ0) is 11.2. The molecule has 0 aromatic rings. The second kappa shape index (κ2) is 6.81. The monoisotopic (exact) mass is 266 g/mol. The summed E-state index contributed by atoms with van der Waals surface area (Å²) in [6.07, 6.45) is 1.56.